The molecule has 2 rings (SSSR count). The summed E-state index contributed by atoms with van der Waals surface area (Å²) >= 11 is 0. The monoisotopic (exact) mass is 392 g/mol. The SMILES string of the molecule is [2H][C@]1(n2cc(C)c(=O)[nH]c2=O)C[C@H](N=[N+]=[N-])[C@@H](COP(=O)([O-])[O-])O1.[Na+].[Na+]. The zero-order valence-corrected chi connectivity index (χ0v) is 18.6. The van der Waals surface area contributed by atoms with Gasteiger partial charge in [-0.3, -0.25) is 14.3 Å². The number of H-pyrrole nitrogens is 1. The Kier molecular flexibility index (Phi) is 9.62. The summed E-state index contributed by atoms with van der Waals surface area (Å²) in [6, 6.07) is -1.06. The molecule has 0 saturated carbocycles. The number of hydrogen-bond donors (Lipinski definition) is 1. The third kappa shape index (κ3) is 6.94. The van der Waals surface area contributed by atoms with Crippen LogP contribution in [0.25, 0.3) is 10.4 Å². The molecule has 1 aromatic rings. The Balaban J connectivity index is 0.00000312. The zero-order valence-electron chi connectivity index (χ0n) is 14.7. The molecule has 0 radical (unpaired) electrons. The molecule has 0 bridgehead atoms. The second-order valence-corrected chi connectivity index (χ2v) is 5.86. The van der Waals surface area contributed by atoms with Crippen LogP contribution in [0.5, 0.6) is 0 Å². The van der Waals surface area contributed by atoms with Gasteiger partial charge in [0.05, 0.1) is 27.9 Å². The maximum absolute atomic E-state index is 11.9. The van der Waals surface area contributed by atoms with Gasteiger partial charge in [0.25, 0.3) is 5.56 Å². The van der Waals surface area contributed by atoms with Crippen LogP contribution >= 0.6 is 7.82 Å². The fraction of sp³-hybridized carbons (Fsp3) is 0.600. The molecule has 3 atom stereocenters. The third-order valence-corrected chi connectivity index (χ3v) is 3.55. The third-order valence-electron chi connectivity index (χ3n) is 3.09. The Labute approximate surface area is 186 Å². The predicted molar refractivity (Wildman–Crippen MR) is 71.1 cm³/mol. The van der Waals surface area contributed by atoms with Crippen molar-refractivity contribution in [3.8, 4) is 0 Å². The van der Waals surface area contributed by atoms with Gasteiger partial charge in [-0.15, -0.1) is 0 Å². The maximum atomic E-state index is 11.9. The summed E-state index contributed by atoms with van der Waals surface area (Å²) in [4.78, 5) is 49.0. The summed E-state index contributed by atoms with van der Waals surface area (Å²) in [7, 11) is -5.29. The van der Waals surface area contributed by atoms with E-state index in [1.807, 2.05) is 4.98 Å². The van der Waals surface area contributed by atoms with Crippen molar-refractivity contribution in [1.82, 2.24) is 9.55 Å². The molecular weight excluding hydrogens is 379 g/mol. The summed E-state index contributed by atoms with van der Waals surface area (Å²) in [5.74, 6) is 0. The number of aromatic nitrogens is 2. The van der Waals surface area contributed by atoms with Gasteiger partial charge >= 0.3 is 64.8 Å². The van der Waals surface area contributed by atoms with Crippen molar-refractivity contribution < 1.29 is 84.1 Å². The average molecular weight is 392 g/mol. The first kappa shape index (κ1) is 23.1. The summed E-state index contributed by atoms with van der Waals surface area (Å²) in [5, 5.41) is 3.37. The number of phosphoric acid groups is 1. The molecular formula is C10H12N5Na2O7P. The quantitative estimate of drug-likeness (QED) is 0.169. The van der Waals surface area contributed by atoms with Crippen LogP contribution in [0.1, 0.15) is 19.6 Å². The van der Waals surface area contributed by atoms with Crippen molar-refractivity contribution in [1.29, 1.82) is 0 Å². The Morgan fingerprint density at radius 2 is 2.24 bits per heavy atom. The van der Waals surface area contributed by atoms with Gasteiger partial charge in [0.1, 0.15) is 6.20 Å². The molecule has 1 N–H and O–H groups in total. The van der Waals surface area contributed by atoms with Crippen molar-refractivity contribution in [2.45, 2.75) is 31.7 Å². The van der Waals surface area contributed by atoms with Crippen LogP contribution < -0.4 is 80.2 Å². The van der Waals surface area contributed by atoms with Crippen LogP contribution in [0.2, 0.25) is 0 Å². The van der Waals surface area contributed by atoms with Gasteiger partial charge in [0.15, 0.2) is 0 Å². The largest absolute Gasteiger partial charge is 1.00 e. The van der Waals surface area contributed by atoms with Gasteiger partial charge in [0.2, 0.25) is 0 Å². The predicted octanol–water partition coefficient (Wildman–Crippen LogP) is -7.34. The molecule has 0 spiro atoms. The minimum absolute atomic E-state index is 0. The van der Waals surface area contributed by atoms with Gasteiger partial charge in [-0.2, -0.15) is 0 Å². The van der Waals surface area contributed by atoms with Crippen molar-refractivity contribution in [3.05, 3.63) is 43.0 Å². The average Bonchev–Trinajstić information content (AvgIpc) is 2.78. The summed E-state index contributed by atoms with van der Waals surface area (Å²) in [6.45, 7) is 0.634. The zero-order chi connectivity index (χ0) is 18.1. The molecule has 1 aliphatic heterocycles. The minimum atomic E-state index is -5.29. The molecule has 0 aliphatic carbocycles. The summed E-state index contributed by atoms with van der Waals surface area (Å²) < 4.78 is 29.0. The van der Waals surface area contributed by atoms with Gasteiger partial charge in [-0.25, -0.2) is 4.79 Å². The van der Waals surface area contributed by atoms with Crippen LogP contribution in [0.4, 0.5) is 0 Å². The van der Waals surface area contributed by atoms with Crippen LogP contribution in [0.3, 0.4) is 0 Å². The number of phosphoric ester groups is 1. The smallest absolute Gasteiger partial charge is 0.790 e. The van der Waals surface area contributed by atoms with E-state index in [-0.39, 0.29) is 71.1 Å². The van der Waals surface area contributed by atoms with Crippen LogP contribution in [0.15, 0.2) is 20.9 Å². The number of azide groups is 1. The van der Waals surface area contributed by atoms with E-state index < -0.39 is 44.0 Å². The molecule has 1 aromatic heterocycles. The molecule has 1 saturated heterocycles. The molecule has 25 heavy (non-hydrogen) atoms. The van der Waals surface area contributed by atoms with Crippen molar-refractivity contribution in [3.63, 3.8) is 0 Å². The number of rotatable bonds is 5. The molecule has 2 heterocycles. The van der Waals surface area contributed by atoms with Gasteiger partial charge in [-0.1, -0.05) is 5.11 Å². The molecule has 0 aromatic carbocycles. The van der Waals surface area contributed by atoms with Crippen LogP contribution in [-0.2, 0) is 13.8 Å². The van der Waals surface area contributed by atoms with E-state index in [0.717, 1.165) is 10.8 Å². The molecule has 12 nitrogen and oxygen atoms in total. The number of aromatic amines is 1. The first-order valence-corrected chi connectivity index (χ1v) is 7.73. The summed E-state index contributed by atoms with van der Waals surface area (Å²) in [5.41, 5.74) is 7.12. The fourth-order valence-corrected chi connectivity index (χ4v) is 2.34. The van der Waals surface area contributed by atoms with Crippen molar-refractivity contribution >= 4 is 7.82 Å². The standard InChI is InChI=1S/C10H14N5O7P.2Na/c1-5-3-15(10(17)12-9(5)16)8-2-6(13-14-11)7(22-8)4-21-23(18,19)20;;/h3,6-8H,2,4H2,1H3,(H,12,16,17)(H2,18,19,20);;/q;2*+1/p-2/t6-,7+,8+;;/m0../s1/i8D;;. The van der Waals surface area contributed by atoms with Gasteiger partial charge < -0.3 is 23.6 Å². The topological polar surface area (TPSA) is 185 Å². The number of nitrogens with zero attached hydrogens (tertiary/aromatic N) is 4. The molecule has 126 valence electrons. The minimum Gasteiger partial charge on any atom is -0.790 e. The normalized spacial score (nSPS) is 26.0. The van der Waals surface area contributed by atoms with E-state index in [4.69, 9.17) is 11.6 Å². The van der Waals surface area contributed by atoms with E-state index in [2.05, 4.69) is 14.5 Å². The molecule has 1 aliphatic rings. The first-order valence-electron chi connectivity index (χ1n) is 6.77. The first-order chi connectivity index (χ1) is 11.1. The van der Waals surface area contributed by atoms with Crippen LogP contribution in [0, 0.1) is 6.92 Å². The number of ether oxygens (including phenoxy) is 1. The van der Waals surface area contributed by atoms with Gasteiger partial charge in [-0.05, 0) is 12.5 Å². The Morgan fingerprint density at radius 3 is 2.80 bits per heavy atom. The van der Waals surface area contributed by atoms with E-state index in [1.54, 1.807) is 0 Å². The second-order valence-electron chi connectivity index (χ2n) is 4.71. The maximum Gasteiger partial charge on any atom is 1.00 e. The van der Waals surface area contributed by atoms with E-state index >= 15 is 0 Å². The Bertz CT molecular complexity index is 853. The molecule has 15 heteroatoms. The van der Waals surface area contributed by atoms with E-state index in [9.17, 15) is 23.9 Å². The molecule has 0 amide bonds. The molecule has 1 fully saturated rings. The van der Waals surface area contributed by atoms with Crippen LogP contribution in [-0.4, -0.2) is 28.3 Å². The Morgan fingerprint density at radius 1 is 1.60 bits per heavy atom. The number of aryl methyl sites for hydroxylation is 1. The fourth-order valence-electron chi connectivity index (χ4n) is 2.01. The number of nitrogens with one attached hydrogen (secondary N) is 1. The van der Waals surface area contributed by atoms with Gasteiger partial charge in [0, 0.05) is 23.1 Å². The van der Waals surface area contributed by atoms with E-state index in [0.29, 0.717) is 0 Å². The van der Waals surface area contributed by atoms with Crippen molar-refractivity contribution in [2.75, 3.05) is 6.61 Å². The Hall–Kier alpha value is 0.0600. The van der Waals surface area contributed by atoms with Crippen molar-refractivity contribution in [2.24, 2.45) is 5.11 Å². The number of hydrogen-bond acceptors (Lipinski definition) is 8. The van der Waals surface area contributed by atoms with E-state index in [1.165, 1.54) is 6.92 Å². The summed E-state index contributed by atoms with van der Waals surface area (Å²) in [6.07, 6.45) is -2.54. The second kappa shape index (κ2) is 10.4. The molecule has 0 unspecified atom stereocenters.